The lowest BCUT2D eigenvalue weighted by atomic mass is 10.3. The summed E-state index contributed by atoms with van der Waals surface area (Å²) in [5.41, 5.74) is 6.95. The van der Waals surface area contributed by atoms with Crippen LogP contribution in [-0.2, 0) is 0 Å². The summed E-state index contributed by atoms with van der Waals surface area (Å²) in [5, 5.41) is 2.78. The van der Waals surface area contributed by atoms with E-state index in [0.29, 0.717) is 16.3 Å². The second-order valence-electron chi connectivity index (χ2n) is 3.18. The molecule has 1 aromatic heterocycles. The van der Waals surface area contributed by atoms with Gasteiger partial charge in [-0.2, -0.15) is 0 Å². The Hall–Kier alpha value is -1.33. The van der Waals surface area contributed by atoms with Gasteiger partial charge in [-0.3, -0.25) is 4.79 Å². The minimum atomic E-state index is -0.124. The number of benzene rings is 1. The van der Waals surface area contributed by atoms with Gasteiger partial charge in [0.2, 0.25) is 0 Å². The number of amides is 1. The SMILES string of the molecule is Nc1cccc(NC(=O)c2ccc(Br)s2)c1. The van der Waals surface area contributed by atoms with Gasteiger partial charge in [0.25, 0.3) is 5.91 Å². The van der Waals surface area contributed by atoms with Crippen molar-refractivity contribution in [1.29, 1.82) is 0 Å². The van der Waals surface area contributed by atoms with E-state index in [1.54, 1.807) is 30.3 Å². The van der Waals surface area contributed by atoms with Crippen LogP contribution in [0.3, 0.4) is 0 Å². The molecule has 0 aliphatic carbocycles. The quantitative estimate of drug-likeness (QED) is 0.835. The van der Waals surface area contributed by atoms with Gasteiger partial charge < -0.3 is 11.1 Å². The van der Waals surface area contributed by atoms with E-state index in [2.05, 4.69) is 21.2 Å². The van der Waals surface area contributed by atoms with Crippen molar-refractivity contribution in [1.82, 2.24) is 0 Å². The number of nitrogens with two attached hydrogens (primary N) is 1. The highest BCUT2D eigenvalue weighted by molar-refractivity contribution is 9.11. The van der Waals surface area contributed by atoms with Crippen LogP contribution >= 0.6 is 27.3 Å². The summed E-state index contributed by atoms with van der Waals surface area (Å²) in [4.78, 5) is 12.4. The predicted octanol–water partition coefficient (Wildman–Crippen LogP) is 3.35. The van der Waals surface area contributed by atoms with Crippen LogP contribution in [-0.4, -0.2) is 5.91 Å². The van der Waals surface area contributed by atoms with Crippen molar-refractivity contribution in [3.8, 4) is 0 Å². The second kappa shape index (κ2) is 4.67. The average Bonchev–Trinajstić information content (AvgIpc) is 2.65. The van der Waals surface area contributed by atoms with Crippen molar-refractivity contribution in [2.75, 3.05) is 11.1 Å². The number of nitrogens with one attached hydrogen (secondary N) is 1. The Morgan fingerprint density at radius 2 is 2.12 bits per heavy atom. The maximum atomic E-state index is 11.8. The first kappa shape index (κ1) is 11.2. The van der Waals surface area contributed by atoms with E-state index in [9.17, 15) is 4.79 Å². The second-order valence-corrected chi connectivity index (χ2v) is 5.65. The summed E-state index contributed by atoms with van der Waals surface area (Å²) in [6.45, 7) is 0. The Labute approximate surface area is 105 Å². The number of carbonyl (C=O) groups excluding carboxylic acids is 1. The third kappa shape index (κ3) is 2.62. The van der Waals surface area contributed by atoms with Gasteiger partial charge in [-0.15, -0.1) is 11.3 Å². The molecule has 0 spiro atoms. The van der Waals surface area contributed by atoms with Crippen LogP contribution in [0.25, 0.3) is 0 Å². The van der Waals surface area contributed by atoms with Gasteiger partial charge in [0, 0.05) is 11.4 Å². The van der Waals surface area contributed by atoms with E-state index in [4.69, 9.17) is 5.73 Å². The molecule has 82 valence electrons. The molecule has 2 rings (SSSR count). The molecule has 5 heteroatoms. The number of anilines is 2. The van der Waals surface area contributed by atoms with E-state index in [1.165, 1.54) is 11.3 Å². The summed E-state index contributed by atoms with van der Waals surface area (Å²) >= 11 is 4.71. The fraction of sp³-hybridized carbons (Fsp3) is 0. The largest absolute Gasteiger partial charge is 0.399 e. The molecular formula is C11H9BrN2OS. The molecule has 3 N–H and O–H groups in total. The van der Waals surface area contributed by atoms with Crippen molar-refractivity contribution < 1.29 is 4.79 Å². The Morgan fingerprint density at radius 3 is 2.75 bits per heavy atom. The van der Waals surface area contributed by atoms with Crippen LogP contribution in [0.5, 0.6) is 0 Å². The third-order valence-electron chi connectivity index (χ3n) is 1.94. The van der Waals surface area contributed by atoms with Crippen LogP contribution in [0.4, 0.5) is 11.4 Å². The number of thiophene rings is 1. The summed E-state index contributed by atoms with van der Waals surface area (Å²) in [7, 11) is 0. The molecule has 2 aromatic rings. The van der Waals surface area contributed by atoms with Crippen LogP contribution < -0.4 is 11.1 Å². The maximum absolute atomic E-state index is 11.8. The fourth-order valence-electron chi connectivity index (χ4n) is 1.25. The summed E-state index contributed by atoms with van der Waals surface area (Å²) < 4.78 is 0.935. The molecule has 0 saturated heterocycles. The zero-order valence-electron chi connectivity index (χ0n) is 8.24. The summed E-state index contributed by atoms with van der Waals surface area (Å²) in [6.07, 6.45) is 0. The molecular weight excluding hydrogens is 288 g/mol. The Kier molecular flexibility index (Phi) is 3.26. The topological polar surface area (TPSA) is 55.1 Å². The first-order chi connectivity index (χ1) is 7.65. The third-order valence-corrected chi connectivity index (χ3v) is 3.56. The van der Waals surface area contributed by atoms with E-state index >= 15 is 0 Å². The van der Waals surface area contributed by atoms with Gasteiger partial charge in [-0.05, 0) is 46.3 Å². The molecule has 3 nitrogen and oxygen atoms in total. The van der Waals surface area contributed by atoms with Gasteiger partial charge in [0.1, 0.15) is 0 Å². The average molecular weight is 297 g/mol. The number of rotatable bonds is 2. The van der Waals surface area contributed by atoms with Gasteiger partial charge in [0.15, 0.2) is 0 Å². The minimum Gasteiger partial charge on any atom is -0.399 e. The van der Waals surface area contributed by atoms with Gasteiger partial charge in [-0.1, -0.05) is 6.07 Å². The zero-order chi connectivity index (χ0) is 11.5. The summed E-state index contributed by atoms with van der Waals surface area (Å²) in [6, 6.07) is 10.7. The zero-order valence-corrected chi connectivity index (χ0v) is 10.6. The highest BCUT2D eigenvalue weighted by atomic mass is 79.9. The minimum absolute atomic E-state index is 0.124. The Morgan fingerprint density at radius 1 is 1.31 bits per heavy atom. The molecule has 1 amide bonds. The standard InChI is InChI=1S/C11H9BrN2OS/c12-10-5-4-9(16-10)11(15)14-8-3-1-2-7(13)6-8/h1-6H,13H2,(H,14,15). The number of hydrogen-bond donors (Lipinski definition) is 2. The fourth-order valence-corrected chi connectivity index (χ4v) is 2.53. The molecule has 0 bridgehead atoms. The molecule has 1 aromatic carbocycles. The first-order valence-electron chi connectivity index (χ1n) is 4.57. The molecule has 0 atom stereocenters. The van der Waals surface area contributed by atoms with Crippen LogP contribution in [0.15, 0.2) is 40.2 Å². The van der Waals surface area contributed by atoms with Gasteiger partial charge in [0.05, 0.1) is 8.66 Å². The molecule has 16 heavy (non-hydrogen) atoms. The number of carbonyl (C=O) groups is 1. The lowest BCUT2D eigenvalue weighted by Gasteiger charge is -2.03. The highest BCUT2D eigenvalue weighted by Crippen LogP contribution is 2.23. The van der Waals surface area contributed by atoms with Crippen LogP contribution in [0.2, 0.25) is 0 Å². The Bertz CT molecular complexity index is 524. The molecule has 0 unspecified atom stereocenters. The molecule has 1 heterocycles. The maximum Gasteiger partial charge on any atom is 0.265 e. The molecule has 0 radical (unpaired) electrons. The smallest absolute Gasteiger partial charge is 0.265 e. The van der Waals surface area contributed by atoms with E-state index in [0.717, 1.165) is 3.79 Å². The summed E-state index contributed by atoms with van der Waals surface area (Å²) in [5.74, 6) is -0.124. The molecule has 0 saturated carbocycles. The highest BCUT2D eigenvalue weighted by Gasteiger charge is 2.08. The Balaban J connectivity index is 2.13. The van der Waals surface area contributed by atoms with Crippen molar-refractivity contribution in [3.05, 3.63) is 45.1 Å². The van der Waals surface area contributed by atoms with E-state index < -0.39 is 0 Å². The number of halogens is 1. The van der Waals surface area contributed by atoms with Gasteiger partial charge in [-0.25, -0.2) is 0 Å². The van der Waals surface area contributed by atoms with Crippen molar-refractivity contribution >= 4 is 44.5 Å². The monoisotopic (exact) mass is 296 g/mol. The first-order valence-corrected chi connectivity index (χ1v) is 6.18. The molecule has 0 fully saturated rings. The normalized spacial score (nSPS) is 10.1. The lowest BCUT2D eigenvalue weighted by Crippen LogP contribution is -2.10. The molecule has 0 aliphatic rings. The predicted molar refractivity (Wildman–Crippen MR) is 70.8 cm³/mol. The van der Waals surface area contributed by atoms with E-state index in [-0.39, 0.29) is 5.91 Å². The van der Waals surface area contributed by atoms with Crippen molar-refractivity contribution in [3.63, 3.8) is 0 Å². The van der Waals surface area contributed by atoms with Crippen molar-refractivity contribution in [2.24, 2.45) is 0 Å². The van der Waals surface area contributed by atoms with Gasteiger partial charge >= 0.3 is 0 Å². The van der Waals surface area contributed by atoms with Crippen LogP contribution in [0.1, 0.15) is 9.67 Å². The molecule has 0 aliphatic heterocycles. The number of hydrogen-bond acceptors (Lipinski definition) is 3. The number of nitrogen functional groups attached to an aromatic ring is 1. The van der Waals surface area contributed by atoms with Crippen molar-refractivity contribution in [2.45, 2.75) is 0 Å². The lowest BCUT2D eigenvalue weighted by molar-refractivity contribution is 0.103. The van der Waals surface area contributed by atoms with Crippen LogP contribution in [0, 0.1) is 0 Å². The van der Waals surface area contributed by atoms with E-state index in [1.807, 2.05) is 6.07 Å².